The number of rotatable bonds is 5. The molecule has 4 heteroatoms. The smallest absolute Gasteiger partial charge is 0.328 e. The zero-order valence-electron chi connectivity index (χ0n) is 11.1. The summed E-state index contributed by atoms with van der Waals surface area (Å²) in [5.74, 6) is -0.616. The van der Waals surface area contributed by atoms with Crippen LogP contribution in [0.4, 0.5) is 5.69 Å². The Kier molecular flexibility index (Phi) is 4.71. The molecule has 0 heterocycles. The number of carbonyl (C=O) groups excluding carboxylic acids is 1. The number of nitrogens with one attached hydrogen (secondary N) is 1. The zero-order chi connectivity index (χ0) is 14.4. The number of carbonyl (C=O) groups is 2. The Morgan fingerprint density at radius 2 is 2.05 bits per heavy atom. The van der Waals surface area contributed by atoms with Crippen LogP contribution in [0.3, 0.4) is 0 Å². The highest BCUT2D eigenvalue weighted by molar-refractivity contribution is 5.91. The van der Waals surface area contributed by atoms with Crippen LogP contribution in [0, 0.1) is 5.92 Å². The van der Waals surface area contributed by atoms with Crippen LogP contribution >= 0.6 is 0 Å². The van der Waals surface area contributed by atoms with E-state index in [0.29, 0.717) is 12.3 Å². The van der Waals surface area contributed by atoms with Crippen LogP contribution < -0.4 is 5.32 Å². The summed E-state index contributed by atoms with van der Waals surface area (Å²) in [4.78, 5) is 22.2. The van der Waals surface area contributed by atoms with Crippen molar-refractivity contribution in [2.24, 2.45) is 5.92 Å². The molecule has 2 rings (SSSR count). The van der Waals surface area contributed by atoms with Gasteiger partial charge in [0.15, 0.2) is 0 Å². The maximum Gasteiger partial charge on any atom is 0.328 e. The third-order valence-electron chi connectivity index (χ3n) is 3.17. The molecule has 4 nitrogen and oxygen atoms in total. The Balaban J connectivity index is 1.88. The van der Waals surface area contributed by atoms with Gasteiger partial charge in [-0.25, -0.2) is 4.79 Å². The van der Waals surface area contributed by atoms with E-state index in [1.807, 2.05) is 0 Å². The van der Waals surface area contributed by atoms with Gasteiger partial charge >= 0.3 is 5.97 Å². The van der Waals surface area contributed by atoms with Crippen LogP contribution in [0.1, 0.15) is 24.8 Å². The average Bonchev–Trinajstić information content (AvgIpc) is 2.90. The third-order valence-corrected chi connectivity index (χ3v) is 3.17. The second-order valence-electron chi connectivity index (χ2n) is 4.81. The van der Waals surface area contributed by atoms with Gasteiger partial charge in [-0.15, -0.1) is 0 Å². The molecule has 0 saturated carbocycles. The molecule has 0 aliphatic heterocycles. The van der Waals surface area contributed by atoms with E-state index in [4.69, 9.17) is 5.11 Å². The van der Waals surface area contributed by atoms with Crippen molar-refractivity contribution in [3.05, 3.63) is 48.1 Å². The first-order valence-electron chi connectivity index (χ1n) is 6.61. The molecule has 0 fully saturated rings. The minimum Gasteiger partial charge on any atom is -0.478 e. The summed E-state index contributed by atoms with van der Waals surface area (Å²) in [6.07, 6.45) is 9.42. The van der Waals surface area contributed by atoms with Crippen LogP contribution in [0.25, 0.3) is 6.08 Å². The summed E-state index contributed by atoms with van der Waals surface area (Å²) in [6, 6.07) is 7.07. The molecule has 104 valence electrons. The third kappa shape index (κ3) is 4.39. The molecule has 1 atom stereocenters. The summed E-state index contributed by atoms with van der Waals surface area (Å²) in [6.45, 7) is 0. The van der Waals surface area contributed by atoms with E-state index in [1.165, 1.54) is 6.08 Å². The van der Waals surface area contributed by atoms with Gasteiger partial charge in [0.05, 0.1) is 0 Å². The van der Waals surface area contributed by atoms with E-state index in [9.17, 15) is 9.59 Å². The molecule has 0 saturated heterocycles. The van der Waals surface area contributed by atoms with Crippen molar-refractivity contribution in [1.82, 2.24) is 0 Å². The first-order chi connectivity index (χ1) is 9.63. The fourth-order valence-corrected chi connectivity index (χ4v) is 2.16. The van der Waals surface area contributed by atoms with Gasteiger partial charge in [0.1, 0.15) is 0 Å². The van der Waals surface area contributed by atoms with Gasteiger partial charge in [0, 0.05) is 18.2 Å². The number of anilines is 1. The fraction of sp³-hybridized carbons (Fsp3) is 0.250. The predicted molar refractivity (Wildman–Crippen MR) is 78.2 cm³/mol. The topological polar surface area (TPSA) is 66.4 Å². The van der Waals surface area contributed by atoms with Crippen LogP contribution in [-0.4, -0.2) is 17.0 Å². The molecule has 1 aliphatic rings. The molecular weight excluding hydrogens is 254 g/mol. The van der Waals surface area contributed by atoms with Crippen molar-refractivity contribution in [3.8, 4) is 0 Å². The van der Waals surface area contributed by atoms with Crippen molar-refractivity contribution in [2.45, 2.75) is 19.3 Å². The van der Waals surface area contributed by atoms with E-state index in [-0.39, 0.29) is 5.91 Å². The lowest BCUT2D eigenvalue weighted by Crippen LogP contribution is -2.14. The van der Waals surface area contributed by atoms with Gasteiger partial charge in [0.2, 0.25) is 5.91 Å². The molecule has 2 N–H and O–H groups in total. The van der Waals surface area contributed by atoms with Crippen molar-refractivity contribution in [2.75, 3.05) is 5.32 Å². The molecular formula is C16H17NO3. The van der Waals surface area contributed by atoms with Crippen molar-refractivity contribution >= 4 is 23.6 Å². The molecule has 20 heavy (non-hydrogen) atoms. The molecule has 0 aromatic heterocycles. The van der Waals surface area contributed by atoms with Gasteiger partial charge in [-0.05, 0) is 42.5 Å². The molecule has 1 unspecified atom stereocenters. The monoisotopic (exact) mass is 271 g/mol. The lowest BCUT2D eigenvalue weighted by Gasteiger charge is -2.08. The fourth-order valence-electron chi connectivity index (χ4n) is 2.16. The number of allylic oxidation sites excluding steroid dienone is 2. The Morgan fingerprint density at radius 1 is 1.30 bits per heavy atom. The number of carboxylic acids is 1. The molecule has 0 bridgehead atoms. The van der Waals surface area contributed by atoms with Gasteiger partial charge in [-0.3, -0.25) is 4.79 Å². The van der Waals surface area contributed by atoms with Gasteiger partial charge in [-0.2, -0.15) is 0 Å². The minimum absolute atomic E-state index is 0.00961. The maximum atomic E-state index is 11.8. The van der Waals surface area contributed by atoms with E-state index in [1.54, 1.807) is 24.3 Å². The Bertz CT molecular complexity index is 543. The SMILES string of the molecule is O=C(O)/C=C/c1ccc(NC(=O)CC2C=CCC2)cc1. The number of hydrogen-bond donors (Lipinski definition) is 2. The zero-order valence-corrected chi connectivity index (χ0v) is 11.1. The molecule has 1 aromatic rings. The van der Waals surface area contributed by atoms with E-state index >= 15 is 0 Å². The maximum absolute atomic E-state index is 11.8. The van der Waals surface area contributed by atoms with Crippen molar-refractivity contribution < 1.29 is 14.7 Å². The number of hydrogen-bond acceptors (Lipinski definition) is 2. The van der Waals surface area contributed by atoms with Crippen LogP contribution in [0.5, 0.6) is 0 Å². The Morgan fingerprint density at radius 3 is 2.65 bits per heavy atom. The lowest BCUT2D eigenvalue weighted by atomic mass is 10.0. The predicted octanol–water partition coefficient (Wildman–Crippen LogP) is 3.08. The first-order valence-corrected chi connectivity index (χ1v) is 6.61. The van der Waals surface area contributed by atoms with E-state index < -0.39 is 5.97 Å². The quantitative estimate of drug-likeness (QED) is 0.639. The first kappa shape index (κ1) is 14.1. The standard InChI is InChI=1S/C16H17NO3/c18-15(11-13-3-1-2-4-13)17-14-8-5-12(6-9-14)7-10-16(19)20/h1,3,5-10,13H,2,4,11H2,(H,17,18)(H,19,20)/b10-7+. The summed E-state index contributed by atoms with van der Waals surface area (Å²) in [7, 11) is 0. The highest BCUT2D eigenvalue weighted by atomic mass is 16.4. The molecule has 0 spiro atoms. The van der Waals surface area contributed by atoms with Crippen LogP contribution in [-0.2, 0) is 9.59 Å². The molecule has 0 radical (unpaired) electrons. The number of amides is 1. The Hall–Kier alpha value is -2.36. The van der Waals surface area contributed by atoms with Gasteiger partial charge in [-0.1, -0.05) is 24.3 Å². The van der Waals surface area contributed by atoms with Crippen LogP contribution in [0.15, 0.2) is 42.5 Å². The second-order valence-corrected chi connectivity index (χ2v) is 4.81. The average molecular weight is 271 g/mol. The number of carboxylic acid groups (broad SMARTS) is 1. The molecule has 1 aliphatic carbocycles. The van der Waals surface area contributed by atoms with Gasteiger partial charge < -0.3 is 10.4 Å². The summed E-state index contributed by atoms with van der Waals surface area (Å²) in [5, 5.41) is 11.4. The highest BCUT2D eigenvalue weighted by Crippen LogP contribution is 2.21. The highest BCUT2D eigenvalue weighted by Gasteiger charge is 2.13. The molecule has 1 amide bonds. The van der Waals surface area contributed by atoms with Crippen molar-refractivity contribution in [3.63, 3.8) is 0 Å². The minimum atomic E-state index is -0.980. The van der Waals surface area contributed by atoms with E-state index in [0.717, 1.165) is 30.2 Å². The molecule has 1 aromatic carbocycles. The van der Waals surface area contributed by atoms with Crippen LogP contribution in [0.2, 0.25) is 0 Å². The largest absolute Gasteiger partial charge is 0.478 e. The number of aliphatic carboxylic acids is 1. The summed E-state index contributed by atoms with van der Waals surface area (Å²) in [5.41, 5.74) is 1.51. The summed E-state index contributed by atoms with van der Waals surface area (Å²) >= 11 is 0. The normalized spacial score (nSPS) is 17.5. The lowest BCUT2D eigenvalue weighted by molar-refractivity contribution is -0.131. The second kappa shape index (κ2) is 6.70. The van der Waals surface area contributed by atoms with Gasteiger partial charge in [0.25, 0.3) is 0 Å². The van der Waals surface area contributed by atoms with E-state index in [2.05, 4.69) is 17.5 Å². The number of benzene rings is 1. The Labute approximate surface area is 117 Å². The van der Waals surface area contributed by atoms with Crippen molar-refractivity contribution in [1.29, 1.82) is 0 Å². The summed E-state index contributed by atoms with van der Waals surface area (Å²) < 4.78 is 0.